The second-order valence-corrected chi connectivity index (χ2v) is 4.76. The highest BCUT2D eigenvalue weighted by atomic mass is 35.5. The van der Waals surface area contributed by atoms with Gasteiger partial charge in [0.15, 0.2) is 5.16 Å². The van der Waals surface area contributed by atoms with Crippen molar-refractivity contribution in [2.45, 2.75) is 24.1 Å². The molecule has 0 bridgehead atoms. The largest absolute Gasteiger partial charge is 0.473 e. The summed E-state index contributed by atoms with van der Waals surface area (Å²) in [6.45, 7) is 1.94. The zero-order valence-corrected chi connectivity index (χ0v) is 11.9. The predicted molar refractivity (Wildman–Crippen MR) is 72.6 cm³/mol. The lowest BCUT2D eigenvalue weighted by atomic mass is 10.1. The van der Waals surface area contributed by atoms with Crippen LogP contribution >= 0.6 is 35.8 Å². The molecule has 2 rings (SSSR count). The monoisotopic (exact) mass is 295 g/mol. The first kappa shape index (κ1) is 14.8. The summed E-state index contributed by atoms with van der Waals surface area (Å²) in [7, 11) is 0. The predicted octanol–water partition coefficient (Wildman–Crippen LogP) is 2.40. The molecule has 0 spiro atoms. The Morgan fingerprint density at radius 3 is 3.00 bits per heavy atom. The van der Waals surface area contributed by atoms with E-state index in [1.54, 1.807) is 6.07 Å². The van der Waals surface area contributed by atoms with Crippen LogP contribution in [0.1, 0.15) is 12.8 Å². The fraction of sp³-hybridized carbons (Fsp3) is 0.600. The van der Waals surface area contributed by atoms with E-state index < -0.39 is 0 Å². The third-order valence-corrected chi connectivity index (χ3v) is 3.11. The maximum atomic E-state index is 5.89. The van der Waals surface area contributed by atoms with Crippen molar-refractivity contribution in [1.29, 1.82) is 0 Å². The Kier molecular flexibility index (Phi) is 6.33. The molecule has 0 saturated carbocycles. The molecule has 1 aliphatic rings. The van der Waals surface area contributed by atoms with Crippen molar-refractivity contribution < 1.29 is 4.74 Å². The Morgan fingerprint density at radius 1 is 1.53 bits per heavy atom. The van der Waals surface area contributed by atoms with Crippen LogP contribution in [0, 0.1) is 0 Å². The SMILES string of the molecule is CSc1nc(Cl)cc(O[C@H]2CCCNC2)n1.Cl. The van der Waals surface area contributed by atoms with Crippen molar-refractivity contribution in [3.8, 4) is 5.88 Å². The Hall–Kier alpha value is -0.230. The van der Waals surface area contributed by atoms with Crippen molar-refractivity contribution in [1.82, 2.24) is 15.3 Å². The molecule has 1 aliphatic heterocycles. The van der Waals surface area contributed by atoms with Crippen LogP contribution in [0.25, 0.3) is 0 Å². The van der Waals surface area contributed by atoms with Gasteiger partial charge in [0.1, 0.15) is 11.3 Å². The van der Waals surface area contributed by atoms with Gasteiger partial charge in [0.05, 0.1) is 0 Å². The van der Waals surface area contributed by atoms with Crippen LogP contribution in [-0.4, -0.2) is 35.4 Å². The lowest BCUT2D eigenvalue weighted by molar-refractivity contribution is 0.159. The molecule has 0 aliphatic carbocycles. The molecule has 0 aromatic carbocycles. The van der Waals surface area contributed by atoms with Gasteiger partial charge in [-0.05, 0) is 25.6 Å². The molecule has 0 unspecified atom stereocenters. The molecule has 0 radical (unpaired) electrons. The van der Waals surface area contributed by atoms with E-state index in [1.807, 2.05) is 6.26 Å². The number of hydrogen-bond donors (Lipinski definition) is 1. The molecule has 1 aromatic heterocycles. The van der Waals surface area contributed by atoms with Gasteiger partial charge in [-0.2, -0.15) is 4.98 Å². The minimum atomic E-state index is 0. The highest BCUT2D eigenvalue weighted by Gasteiger charge is 2.15. The molecule has 1 saturated heterocycles. The number of halogens is 2. The summed E-state index contributed by atoms with van der Waals surface area (Å²) in [5.74, 6) is 0.568. The maximum Gasteiger partial charge on any atom is 0.219 e. The highest BCUT2D eigenvalue weighted by Crippen LogP contribution is 2.20. The van der Waals surface area contributed by atoms with Gasteiger partial charge < -0.3 is 10.1 Å². The Bertz CT molecular complexity index is 361. The Labute approximate surface area is 116 Å². The van der Waals surface area contributed by atoms with Crippen LogP contribution in [-0.2, 0) is 0 Å². The van der Waals surface area contributed by atoms with Gasteiger partial charge in [-0.3, -0.25) is 0 Å². The van der Waals surface area contributed by atoms with Gasteiger partial charge in [0, 0.05) is 12.6 Å². The third kappa shape index (κ3) is 4.50. The summed E-state index contributed by atoms with van der Waals surface area (Å²) in [5.41, 5.74) is 0. The van der Waals surface area contributed by atoms with Gasteiger partial charge in [0.2, 0.25) is 5.88 Å². The molecule has 96 valence electrons. The Balaban J connectivity index is 0.00000144. The summed E-state index contributed by atoms with van der Waals surface area (Å²) >= 11 is 7.34. The molecule has 0 amide bonds. The van der Waals surface area contributed by atoms with Gasteiger partial charge in [0.25, 0.3) is 0 Å². The second-order valence-electron chi connectivity index (χ2n) is 3.60. The van der Waals surface area contributed by atoms with Crippen molar-refractivity contribution >= 4 is 35.8 Å². The number of hydrogen-bond acceptors (Lipinski definition) is 5. The lowest BCUT2D eigenvalue weighted by Gasteiger charge is -2.23. The first-order valence-corrected chi connectivity index (χ1v) is 6.84. The first-order chi connectivity index (χ1) is 7.78. The number of rotatable bonds is 3. The summed E-state index contributed by atoms with van der Waals surface area (Å²) in [5, 5.41) is 4.37. The van der Waals surface area contributed by atoms with Crippen LogP contribution in [0.3, 0.4) is 0 Å². The summed E-state index contributed by atoms with van der Waals surface area (Å²) in [4.78, 5) is 8.33. The van der Waals surface area contributed by atoms with Crippen molar-refractivity contribution in [2.24, 2.45) is 0 Å². The highest BCUT2D eigenvalue weighted by molar-refractivity contribution is 7.98. The van der Waals surface area contributed by atoms with E-state index in [0.29, 0.717) is 16.2 Å². The standard InChI is InChI=1S/C10H14ClN3OS.ClH/c1-16-10-13-8(11)5-9(14-10)15-7-3-2-4-12-6-7;/h5,7,12H,2-4,6H2,1H3;1H/t7-;/m0./s1. The van der Waals surface area contributed by atoms with E-state index in [9.17, 15) is 0 Å². The molecule has 2 heterocycles. The normalized spacial score (nSPS) is 19.5. The van der Waals surface area contributed by atoms with Crippen LogP contribution in [0.15, 0.2) is 11.2 Å². The maximum absolute atomic E-state index is 5.89. The number of nitrogens with one attached hydrogen (secondary N) is 1. The quantitative estimate of drug-likeness (QED) is 0.527. The number of piperidine rings is 1. The molecule has 17 heavy (non-hydrogen) atoms. The number of ether oxygens (including phenoxy) is 1. The summed E-state index contributed by atoms with van der Waals surface area (Å²) in [6.07, 6.45) is 4.30. The molecule has 1 fully saturated rings. The summed E-state index contributed by atoms with van der Waals surface area (Å²) < 4.78 is 5.77. The zero-order chi connectivity index (χ0) is 11.4. The van der Waals surface area contributed by atoms with Crippen molar-refractivity contribution in [3.05, 3.63) is 11.2 Å². The minimum absolute atomic E-state index is 0. The molecule has 1 N–H and O–H groups in total. The smallest absolute Gasteiger partial charge is 0.219 e. The van der Waals surface area contributed by atoms with Gasteiger partial charge in [-0.15, -0.1) is 12.4 Å². The number of thioether (sulfide) groups is 1. The van der Waals surface area contributed by atoms with Gasteiger partial charge in [-0.1, -0.05) is 23.4 Å². The van der Waals surface area contributed by atoms with Crippen molar-refractivity contribution in [2.75, 3.05) is 19.3 Å². The van der Waals surface area contributed by atoms with E-state index >= 15 is 0 Å². The first-order valence-electron chi connectivity index (χ1n) is 5.24. The molecule has 1 atom stereocenters. The fourth-order valence-corrected chi connectivity index (χ4v) is 2.21. The number of nitrogens with zero attached hydrogens (tertiary/aromatic N) is 2. The zero-order valence-electron chi connectivity index (χ0n) is 9.48. The molecule has 4 nitrogen and oxygen atoms in total. The van der Waals surface area contributed by atoms with Gasteiger partial charge in [-0.25, -0.2) is 4.98 Å². The molecule has 1 aromatic rings. The Morgan fingerprint density at radius 2 is 2.35 bits per heavy atom. The van der Waals surface area contributed by atoms with E-state index in [4.69, 9.17) is 16.3 Å². The summed E-state index contributed by atoms with van der Waals surface area (Å²) in [6, 6.07) is 1.66. The molecule has 7 heteroatoms. The van der Waals surface area contributed by atoms with Crippen LogP contribution in [0.4, 0.5) is 0 Å². The molecular formula is C10H15Cl2N3OS. The fourth-order valence-electron chi connectivity index (χ4n) is 1.62. The van der Waals surface area contributed by atoms with Crippen LogP contribution in [0.2, 0.25) is 5.15 Å². The third-order valence-electron chi connectivity index (χ3n) is 2.37. The lowest BCUT2D eigenvalue weighted by Crippen LogP contribution is -2.37. The molecular weight excluding hydrogens is 281 g/mol. The average molecular weight is 296 g/mol. The topological polar surface area (TPSA) is 47.0 Å². The van der Waals surface area contributed by atoms with E-state index in [0.717, 1.165) is 25.9 Å². The average Bonchev–Trinajstić information content (AvgIpc) is 2.29. The van der Waals surface area contributed by atoms with Crippen molar-refractivity contribution in [3.63, 3.8) is 0 Å². The number of aromatic nitrogens is 2. The van der Waals surface area contributed by atoms with E-state index in [1.165, 1.54) is 11.8 Å². The van der Waals surface area contributed by atoms with Gasteiger partial charge >= 0.3 is 0 Å². The second kappa shape index (κ2) is 7.26. The van der Waals surface area contributed by atoms with E-state index in [2.05, 4.69) is 15.3 Å². The van der Waals surface area contributed by atoms with Crippen LogP contribution < -0.4 is 10.1 Å². The minimum Gasteiger partial charge on any atom is -0.473 e. The van der Waals surface area contributed by atoms with Crippen LogP contribution in [0.5, 0.6) is 5.88 Å². The van der Waals surface area contributed by atoms with E-state index in [-0.39, 0.29) is 18.5 Å².